The second kappa shape index (κ2) is 5.19. The highest BCUT2D eigenvalue weighted by Crippen LogP contribution is 2.56. The first-order valence-electron chi connectivity index (χ1n) is 9.54. The van der Waals surface area contributed by atoms with E-state index in [1.165, 1.54) is 12.8 Å². The van der Waals surface area contributed by atoms with Crippen LogP contribution in [0, 0.1) is 17.8 Å². The van der Waals surface area contributed by atoms with Crippen molar-refractivity contribution in [3.05, 3.63) is 23.0 Å². The number of aromatic nitrogens is 6. The van der Waals surface area contributed by atoms with Crippen molar-refractivity contribution in [1.82, 2.24) is 30.1 Å². The smallest absolute Gasteiger partial charge is 0.340 e. The first kappa shape index (κ1) is 15.4. The van der Waals surface area contributed by atoms with Gasteiger partial charge in [0.25, 0.3) is 0 Å². The van der Waals surface area contributed by atoms with Crippen LogP contribution in [0.3, 0.4) is 0 Å². The van der Waals surface area contributed by atoms with Crippen molar-refractivity contribution in [2.45, 2.75) is 43.7 Å². The fourth-order valence-corrected chi connectivity index (χ4v) is 6.00. The summed E-state index contributed by atoms with van der Waals surface area (Å²) in [6, 6.07) is 0.292. The van der Waals surface area contributed by atoms with E-state index in [1.54, 1.807) is 12.5 Å². The topological polar surface area (TPSA) is 135 Å². The van der Waals surface area contributed by atoms with Gasteiger partial charge in [-0.25, -0.2) is 19.9 Å². The maximum Gasteiger partial charge on any atom is 0.340 e. The molecule has 4 fully saturated rings. The number of fused-ring (bicyclic) bond motifs is 1. The van der Waals surface area contributed by atoms with Gasteiger partial charge < -0.3 is 15.4 Å². The number of rotatable bonds is 3. The van der Waals surface area contributed by atoms with Crippen LogP contribution in [0.25, 0.3) is 22.6 Å². The van der Waals surface area contributed by atoms with Crippen LogP contribution in [0.1, 0.15) is 32.1 Å². The van der Waals surface area contributed by atoms with Crippen LogP contribution in [0.15, 0.2) is 17.3 Å². The van der Waals surface area contributed by atoms with E-state index in [2.05, 4.69) is 35.5 Å². The summed E-state index contributed by atoms with van der Waals surface area (Å²) >= 11 is 0. The monoisotopic (exact) mass is 367 g/mol. The minimum absolute atomic E-state index is 0.292. The molecular formula is C18H21N7O2. The highest BCUT2D eigenvalue weighted by Gasteiger charge is 2.54. The molecule has 7 rings (SSSR count). The van der Waals surface area contributed by atoms with Crippen molar-refractivity contribution in [2.75, 3.05) is 5.32 Å². The van der Waals surface area contributed by atoms with Gasteiger partial charge in [-0.1, -0.05) is 0 Å². The molecule has 0 radical (unpaired) electrons. The fourth-order valence-electron chi connectivity index (χ4n) is 6.00. The van der Waals surface area contributed by atoms with Gasteiger partial charge in [0.2, 0.25) is 0 Å². The van der Waals surface area contributed by atoms with Crippen LogP contribution >= 0.6 is 0 Å². The maximum absolute atomic E-state index is 11.6. The second-order valence-corrected chi connectivity index (χ2v) is 8.54. The van der Waals surface area contributed by atoms with Gasteiger partial charge in [-0.05, 0) is 49.9 Å². The van der Waals surface area contributed by atoms with Gasteiger partial charge in [-0.3, -0.25) is 4.98 Å². The number of anilines is 1. The normalized spacial score (nSPS) is 34.4. The molecule has 140 valence electrons. The molecule has 5 atom stereocenters. The Hall–Kier alpha value is -2.68. The summed E-state index contributed by atoms with van der Waals surface area (Å²) in [5.74, 6) is 2.02. The van der Waals surface area contributed by atoms with Crippen molar-refractivity contribution in [2.24, 2.45) is 17.8 Å². The van der Waals surface area contributed by atoms with E-state index in [-0.39, 0.29) is 5.69 Å². The Kier molecular flexibility index (Phi) is 2.96. The Morgan fingerprint density at radius 3 is 2.70 bits per heavy atom. The SMILES string of the molecule is O=c1[nH]nc(-c2cnc3nc[nH]c3c2NC2[C@@H]3CC4C[C@H]2CC(O)(C4)C3)[nH]1. The summed E-state index contributed by atoms with van der Waals surface area (Å²) in [6.45, 7) is 0. The summed E-state index contributed by atoms with van der Waals surface area (Å²) in [7, 11) is 0. The average Bonchev–Trinajstić information content (AvgIpc) is 3.25. The second-order valence-electron chi connectivity index (χ2n) is 8.54. The van der Waals surface area contributed by atoms with Crippen molar-refractivity contribution in [1.29, 1.82) is 0 Å². The number of aromatic amines is 3. The van der Waals surface area contributed by atoms with Crippen LogP contribution < -0.4 is 11.0 Å². The summed E-state index contributed by atoms with van der Waals surface area (Å²) in [4.78, 5) is 26.1. The minimum atomic E-state index is -0.466. The van der Waals surface area contributed by atoms with E-state index in [4.69, 9.17) is 0 Å². The van der Waals surface area contributed by atoms with E-state index in [0.29, 0.717) is 35.3 Å². The van der Waals surface area contributed by atoms with E-state index in [9.17, 15) is 9.90 Å². The number of nitrogens with zero attached hydrogens (tertiary/aromatic N) is 3. The van der Waals surface area contributed by atoms with Crippen molar-refractivity contribution in [3.8, 4) is 11.4 Å². The van der Waals surface area contributed by atoms with Gasteiger partial charge in [-0.15, -0.1) is 0 Å². The average molecular weight is 367 g/mol. The van der Waals surface area contributed by atoms with Gasteiger partial charge in [-0.2, -0.15) is 5.10 Å². The molecule has 4 bridgehead atoms. The van der Waals surface area contributed by atoms with Crippen molar-refractivity contribution < 1.29 is 5.11 Å². The Morgan fingerprint density at radius 2 is 2.00 bits per heavy atom. The zero-order valence-corrected chi connectivity index (χ0v) is 14.7. The number of nitrogens with one attached hydrogen (secondary N) is 4. The lowest BCUT2D eigenvalue weighted by Gasteiger charge is -2.58. The summed E-state index contributed by atoms with van der Waals surface area (Å²) in [6.07, 6.45) is 8.35. The summed E-state index contributed by atoms with van der Waals surface area (Å²) < 4.78 is 0. The molecule has 0 saturated heterocycles. The lowest BCUT2D eigenvalue weighted by molar-refractivity contribution is -0.129. The fraction of sp³-hybridized carbons (Fsp3) is 0.556. The number of H-pyrrole nitrogens is 3. The molecule has 0 amide bonds. The van der Waals surface area contributed by atoms with E-state index in [0.717, 1.165) is 36.0 Å². The zero-order chi connectivity index (χ0) is 18.2. The van der Waals surface area contributed by atoms with Crippen LogP contribution in [-0.4, -0.2) is 46.9 Å². The summed E-state index contributed by atoms with van der Waals surface area (Å²) in [5, 5.41) is 21.1. The Balaban J connectivity index is 1.44. The molecule has 0 aliphatic heterocycles. The number of aliphatic hydroxyl groups is 1. The Bertz CT molecular complexity index is 1070. The highest BCUT2D eigenvalue weighted by molar-refractivity contribution is 5.94. The molecule has 4 saturated carbocycles. The lowest BCUT2D eigenvalue weighted by Crippen LogP contribution is -2.59. The lowest BCUT2D eigenvalue weighted by atomic mass is 9.52. The maximum atomic E-state index is 11.6. The quantitative estimate of drug-likeness (QED) is 0.475. The van der Waals surface area contributed by atoms with Gasteiger partial charge >= 0.3 is 5.69 Å². The number of hydrogen-bond acceptors (Lipinski definition) is 6. The molecule has 5 N–H and O–H groups in total. The van der Waals surface area contributed by atoms with Gasteiger partial charge in [0.05, 0.1) is 23.2 Å². The minimum Gasteiger partial charge on any atom is -0.390 e. The highest BCUT2D eigenvalue weighted by atomic mass is 16.3. The standard InChI is InChI=1S/C18H21N7O2/c26-17-23-15(24-25-17)11-6-19-16-14(20-7-21-16)13(11)22-12-9-1-8-2-10(12)5-18(27,3-8)4-9/h6-10,12,27H,1-5H2,(H2,19,20,21,22)(H2,23,24,25,26)/t8?,9-,10+,12?,18?. The molecule has 3 heterocycles. The third-order valence-electron chi connectivity index (χ3n) is 6.76. The molecule has 9 nitrogen and oxygen atoms in total. The number of hydrogen-bond donors (Lipinski definition) is 5. The van der Waals surface area contributed by atoms with Gasteiger partial charge in [0.15, 0.2) is 11.5 Å². The summed E-state index contributed by atoms with van der Waals surface area (Å²) in [5.41, 5.74) is 2.22. The van der Waals surface area contributed by atoms with Crippen LogP contribution in [0.4, 0.5) is 5.69 Å². The van der Waals surface area contributed by atoms with E-state index in [1.807, 2.05) is 0 Å². The predicted molar refractivity (Wildman–Crippen MR) is 98.0 cm³/mol. The van der Waals surface area contributed by atoms with Crippen molar-refractivity contribution >= 4 is 16.9 Å². The largest absolute Gasteiger partial charge is 0.390 e. The predicted octanol–water partition coefficient (Wildman–Crippen LogP) is 1.39. The van der Waals surface area contributed by atoms with Crippen LogP contribution in [0.5, 0.6) is 0 Å². The molecule has 3 aromatic rings. The third-order valence-corrected chi connectivity index (χ3v) is 6.76. The Morgan fingerprint density at radius 1 is 1.19 bits per heavy atom. The molecule has 4 aliphatic rings. The molecular weight excluding hydrogens is 346 g/mol. The number of pyridine rings is 1. The third kappa shape index (κ3) is 2.27. The number of imidazole rings is 1. The zero-order valence-electron chi connectivity index (χ0n) is 14.7. The molecule has 0 spiro atoms. The molecule has 27 heavy (non-hydrogen) atoms. The van der Waals surface area contributed by atoms with Crippen LogP contribution in [0.2, 0.25) is 0 Å². The first-order valence-corrected chi connectivity index (χ1v) is 9.54. The van der Waals surface area contributed by atoms with E-state index < -0.39 is 5.60 Å². The van der Waals surface area contributed by atoms with Crippen molar-refractivity contribution in [3.63, 3.8) is 0 Å². The molecule has 3 aromatic heterocycles. The van der Waals surface area contributed by atoms with Crippen LogP contribution in [-0.2, 0) is 0 Å². The van der Waals surface area contributed by atoms with E-state index >= 15 is 0 Å². The van der Waals surface area contributed by atoms with Gasteiger partial charge in [0.1, 0.15) is 5.52 Å². The molecule has 4 aliphatic carbocycles. The first-order chi connectivity index (χ1) is 13.1. The molecule has 3 unspecified atom stereocenters. The Labute approximate surface area is 154 Å². The van der Waals surface area contributed by atoms with Gasteiger partial charge in [0, 0.05) is 12.2 Å². The molecule has 0 aromatic carbocycles. The molecule has 9 heteroatoms.